The first kappa shape index (κ1) is 15.0. The van der Waals surface area contributed by atoms with Crippen molar-refractivity contribution in [3.05, 3.63) is 76.9 Å². The summed E-state index contributed by atoms with van der Waals surface area (Å²) in [7, 11) is 0. The van der Waals surface area contributed by atoms with Crippen LogP contribution in [-0.4, -0.2) is 5.91 Å². The molecule has 2 nitrogen and oxygen atoms in total. The number of amides is 1. The normalized spacial score (nSPS) is 10.0. The third-order valence-corrected chi connectivity index (χ3v) is 3.65. The number of nitrogens with one attached hydrogen (secondary N) is 1. The van der Waals surface area contributed by atoms with Gasteiger partial charge < -0.3 is 5.32 Å². The molecule has 0 heterocycles. The Morgan fingerprint density at radius 2 is 1.52 bits per heavy atom. The van der Waals surface area contributed by atoms with Crippen LogP contribution in [-0.2, 0) is 6.54 Å². The van der Waals surface area contributed by atoms with Crippen molar-refractivity contribution in [2.75, 3.05) is 0 Å². The van der Waals surface area contributed by atoms with Gasteiger partial charge in [0.05, 0.1) is 0 Å². The first-order valence-electron chi connectivity index (χ1n) is 7.15. The molecule has 0 aliphatic heterocycles. The van der Waals surface area contributed by atoms with Gasteiger partial charge in [0.15, 0.2) is 0 Å². The summed E-state index contributed by atoms with van der Waals surface area (Å²) >= 11 is 0. The summed E-state index contributed by atoms with van der Waals surface area (Å²) in [6.07, 6.45) is 0. The Labute approximate surface area is 126 Å². The van der Waals surface area contributed by atoms with Crippen LogP contribution < -0.4 is 5.32 Å². The fourth-order valence-electron chi connectivity index (χ4n) is 2.18. The van der Waals surface area contributed by atoms with Crippen LogP contribution in [0.3, 0.4) is 0 Å². The van der Waals surface area contributed by atoms with Gasteiger partial charge in [-0.25, -0.2) is 0 Å². The van der Waals surface area contributed by atoms with Gasteiger partial charge in [-0.05, 0) is 49.6 Å². The lowest BCUT2D eigenvalue weighted by atomic mass is 9.97. The molecular formula is C19H21NO. The largest absolute Gasteiger partial charge is 0.348 e. The summed E-state index contributed by atoms with van der Waals surface area (Å²) in [5.41, 5.74) is 5.58. The Balaban J connectivity index is 2.15. The second-order valence-corrected chi connectivity index (χ2v) is 5.33. The minimum atomic E-state index is -0.0414. The van der Waals surface area contributed by atoms with Gasteiger partial charge in [-0.2, -0.15) is 0 Å². The maximum absolute atomic E-state index is 12.1. The quantitative estimate of drug-likeness (QED) is 0.881. The molecule has 0 fully saturated rings. The predicted molar refractivity (Wildman–Crippen MR) is 88.0 cm³/mol. The van der Waals surface area contributed by atoms with Crippen LogP contribution in [0.4, 0.5) is 0 Å². The van der Waals surface area contributed by atoms with Gasteiger partial charge >= 0.3 is 0 Å². The van der Waals surface area contributed by atoms with Gasteiger partial charge in [0.25, 0.3) is 5.91 Å². The van der Waals surface area contributed by atoms with Crippen LogP contribution in [0, 0.1) is 0 Å². The van der Waals surface area contributed by atoms with Crippen LogP contribution in [0.15, 0.2) is 60.2 Å². The van der Waals surface area contributed by atoms with E-state index in [1.54, 1.807) is 0 Å². The number of allylic oxidation sites excluding steroid dienone is 2. The van der Waals surface area contributed by atoms with Crippen LogP contribution >= 0.6 is 0 Å². The van der Waals surface area contributed by atoms with E-state index < -0.39 is 0 Å². The van der Waals surface area contributed by atoms with E-state index in [0.717, 1.165) is 5.56 Å². The molecule has 2 heteroatoms. The van der Waals surface area contributed by atoms with Crippen molar-refractivity contribution in [3.63, 3.8) is 0 Å². The van der Waals surface area contributed by atoms with Crippen molar-refractivity contribution in [1.82, 2.24) is 5.32 Å². The SMILES string of the molecule is CC(C)=C(C)c1ccccc1CNC(=O)c1ccccc1. The Kier molecular flexibility index (Phi) is 4.94. The fraction of sp³-hybridized carbons (Fsp3) is 0.211. The van der Waals surface area contributed by atoms with E-state index in [9.17, 15) is 4.79 Å². The zero-order valence-electron chi connectivity index (χ0n) is 12.8. The number of benzene rings is 2. The van der Waals surface area contributed by atoms with Gasteiger partial charge in [-0.15, -0.1) is 0 Å². The molecular weight excluding hydrogens is 258 g/mol. The van der Waals surface area contributed by atoms with E-state index >= 15 is 0 Å². The molecule has 2 rings (SSSR count). The first-order chi connectivity index (χ1) is 10.1. The molecule has 1 amide bonds. The number of carbonyl (C=O) groups excluding carboxylic acids is 1. The molecule has 2 aromatic rings. The average Bonchev–Trinajstić information content (AvgIpc) is 2.53. The molecule has 0 saturated heterocycles. The van der Waals surface area contributed by atoms with Gasteiger partial charge in [-0.1, -0.05) is 48.0 Å². The third kappa shape index (κ3) is 3.82. The van der Waals surface area contributed by atoms with Crippen molar-refractivity contribution in [1.29, 1.82) is 0 Å². The van der Waals surface area contributed by atoms with E-state index in [2.05, 4.69) is 38.2 Å². The molecule has 0 aliphatic rings. The number of rotatable bonds is 4. The molecule has 0 bridgehead atoms. The van der Waals surface area contributed by atoms with E-state index in [-0.39, 0.29) is 5.91 Å². The highest BCUT2D eigenvalue weighted by Crippen LogP contribution is 2.21. The minimum absolute atomic E-state index is 0.0414. The average molecular weight is 279 g/mol. The van der Waals surface area contributed by atoms with Crippen molar-refractivity contribution in [2.24, 2.45) is 0 Å². The summed E-state index contributed by atoms with van der Waals surface area (Å²) in [6, 6.07) is 17.5. The molecule has 108 valence electrons. The summed E-state index contributed by atoms with van der Waals surface area (Å²) < 4.78 is 0. The monoisotopic (exact) mass is 279 g/mol. The van der Waals surface area contributed by atoms with Gasteiger partial charge in [0.1, 0.15) is 0 Å². The summed E-state index contributed by atoms with van der Waals surface area (Å²) in [5, 5.41) is 2.99. The second kappa shape index (κ2) is 6.89. The molecule has 21 heavy (non-hydrogen) atoms. The zero-order valence-corrected chi connectivity index (χ0v) is 12.8. The predicted octanol–water partition coefficient (Wildman–Crippen LogP) is 4.43. The van der Waals surface area contributed by atoms with Crippen LogP contribution in [0.2, 0.25) is 0 Å². The maximum atomic E-state index is 12.1. The van der Waals surface area contributed by atoms with Gasteiger partial charge in [0.2, 0.25) is 0 Å². The molecule has 0 saturated carbocycles. The van der Waals surface area contributed by atoms with E-state index in [1.165, 1.54) is 16.7 Å². The highest BCUT2D eigenvalue weighted by molar-refractivity contribution is 5.94. The lowest BCUT2D eigenvalue weighted by Gasteiger charge is -2.12. The minimum Gasteiger partial charge on any atom is -0.348 e. The molecule has 0 radical (unpaired) electrons. The zero-order chi connectivity index (χ0) is 15.2. The molecule has 0 atom stereocenters. The number of carbonyl (C=O) groups is 1. The van der Waals surface area contributed by atoms with Gasteiger partial charge in [-0.3, -0.25) is 4.79 Å². The van der Waals surface area contributed by atoms with Gasteiger partial charge in [0, 0.05) is 12.1 Å². The maximum Gasteiger partial charge on any atom is 0.251 e. The van der Waals surface area contributed by atoms with E-state index in [1.807, 2.05) is 42.5 Å². The fourth-order valence-corrected chi connectivity index (χ4v) is 2.18. The number of hydrogen-bond acceptors (Lipinski definition) is 1. The third-order valence-electron chi connectivity index (χ3n) is 3.65. The van der Waals surface area contributed by atoms with E-state index in [4.69, 9.17) is 0 Å². The lowest BCUT2D eigenvalue weighted by Crippen LogP contribution is -2.23. The molecule has 0 aromatic heterocycles. The topological polar surface area (TPSA) is 29.1 Å². The molecule has 0 unspecified atom stereocenters. The highest BCUT2D eigenvalue weighted by Gasteiger charge is 2.08. The summed E-state index contributed by atoms with van der Waals surface area (Å²) in [4.78, 5) is 12.1. The Hall–Kier alpha value is -2.35. The van der Waals surface area contributed by atoms with Crippen LogP contribution in [0.25, 0.3) is 5.57 Å². The first-order valence-corrected chi connectivity index (χ1v) is 7.15. The van der Waals surface area contributed by atoms with Crippen molar-refractivity contribution >= 4 is 11.5 Å². The molecule has 0 aliphatic carbocycles. The van der Waals surface area contributed by atoms with Crippen molar-refractivity contribution in [2.45, 2.75) is 27.3 Å². The van der Waals surface area contributed by atoms with Crippen molar-refractivity contribution < 1.29 is 4.79 Å². The molecule has 1 N–H and O–H groups in total. The van der Waals surface area contributed by atoms with Crippen molar-refractivity contribution in [3.8, 4) is 0 Å². The second-order valence-electron chi connectivity index (χ2n) is 5.33. The number of hydrogen-bond donors (Lipinski definition) is 1. The summed E-state index contributed by atoms with van der Waals surface area (Å²) in [6.45, 7) is 6.87. The standard InChI is InChI=1S/C19H21NO/c1-14(2)15(3)18-12-8-7-11-17(18)13-20-19(21)16-9-5-4-6-10-16/h4-12H,13H2,1-3H3,(H,20,21). The highest BCUT2D eigenvalue weighted by atomic mass is 16.1. The molecule has 0 spiro atoms. The van der Waals surface area contributed by atoms with E-state index in [0.29, 0.717) is 12.1 Å². The Bertz CT molecular complexity index is 652. The molecule has 2 aromatic carbocycles. The van der Waals surface area contributed by atoms with Crippen LogP contribution in [0.1, 0.15) is 42.3 Å². The summed E-state index contributed by atoms with van der Waals surface area (Å²) in [5.74, 6) is -0.0414. The Morgan fingerprint density at radius 1 is 0.905 bits per heavy atom. The Morgan fingerprint density at radius 3 is 2.19 bits per heavy atom. The smallest absolute Gasteiger partial charge is 0.251 e. The lowest BCUT2D eigenvalue weighted by molar-refractivity contribution is 0.0951. The van der Waals surface area contributed by atoms with Crippen LogP contribution in [0.5, 0.6) is 0 Å².